The summed E-state index contributed by atoms with van der Waals surface area (Å²) in [5, 5.41) is 0. The van der Waals surface area contributed by atoms with E-state index in [-0.39, 0.29) is 0 Å². The van der Waals surface area contributed by atoms with Crippen LogP contribution in [0.1, 0.15) is 48.0 Å². The van der Waals surface area contributed by atoms with Gasteiger partial charge in [0.2, 0.25) is 0 Å². The van der Waals surface area contributed by atoms with Gasteiger partial charge in [0.15, 0.2) is 8.32 Å². The summed E-state index contributed by atoms with van der Waals surface area (Å²) in [6.07, 6.45) is 0.957. The molecule has 0 aromatic heterocycles. The van der Waals surface area contributed by atoms with Crippen LogP contribution in [0.5, 0.6) is 0 Å². The first-order valence-electron chi connectivity index (χ1n) is 8.98. The Hall–Kier alpha value is 0.274. The fourth-order valence-electron chi connectivity index (χ4n) is 3.56. The molecule has 6 heteroatoms. The average Bonchev–Trinajstić information content (AvgIpc) is 2.48. The minimum absolute atomic E-state index is 0.638. The van der Waals surface area contributed by atoms with E-state index in [4.69, 9.17) is 18.0 Å². The van der Waals surface area contributed by atoms with Crippen molar-refractivity contribution in [2.45, 2.75) is 77.2 Å². The summed E-state index contributed by atoms with van der Waals surface area (Å²) in [7, 11) is -0.277. The van der Waals surface area contributed by atoms with E-state index in [0.717, 1.165) is 25.7 Å². The highest BCUT2D eigenvalue weighted by Crippen LogP contribution is 2.42. The van der Waals surface area contributed by atoms with Crippen molar-refractivity contribution < 1.29 is 18.0 Å². The standard InChI is InChI=1S/C17H40O4Si2/c1-15(2)23(16(3)4,17(5)6)21-12-10-11-20-13-14-22(9,18-7)19-8/h15-17H,10-14H2,1-9H3. The van der Waals surface area contributed by atoms with Crippen LogP contribution in [0.3, 0.4) is 0 Å². The predicted molar refractivity (Wildman–Crippen MR) is 103 cm³/mol. The normalized spacial score (nSPS) is 13.6. The Labute approximate surface area is 146 Å². The largest absolute Gasteiger partial charge is 0.416 e. The van der Waals surface area contributed by atoms with Crippen LogP contribution in [-0.4, -0.2) is 50.9 Å². The van der Waals surface area contributed by atoms with Gasteiger partial charge in [-0.05, 0) is 29.6 Å². The minimum Gasteiger partial charge on any atom is -0.416 e. The lowest BCUT2D eigenvalue weighted by Gasteiger charge is -2.42. The predicted octanol–water partition coefficient (Wildman–Crippen LogP) is 4.95. The van der Waals surface area contributed by atoms with Gasteiger partial charge < -0.3 is 18.0 Å². The first-order chi connectivity index (χ1) is 10.7. The number of ether oxygens (including phenoxy) is 1. The van der Waals surface area contributed by atoms with Gasteiger partial charge in [-0.15, -0.1) is 0 Å². The van der Waals surface area contributed by atoms with Gasteiger partial charge in [-0.25, -0.2) is 0 Å². The molecule has 0 aromatic rings. The molecule has 0 N–H and O–H groups in total. The highest BCUT2D eigenvalue weighted by molar-refractivity contribution is 6.77. The topological polar surface area (TPSA) is 36.9 Å². The van der Waals surface area contributed by atoms with Crippen molar-refractivity contribution in [3.05, 3.63) is 0 Å². The molecule has 0 fully saturated rings. The first kappa shape index (κ1) is 23.3. The van der Waals surface area contributed by atoms with E-state index in [9.17, 15) is 0 Å². The number of hydrogen-bond acceptors (Lipinski definition) is 4. The van der Waals surface area contributed by atoms with Crippen LogP contribution in [-0.2, 0) is 18.0 Å². The lowest BCUT2D eigenvalue weighted by Crippen LogP contribution is -2.48. The van der Waals surface area contributed by atoms with Crippen molar-refractivity contribution in [2.75, 3.05) is 34.0 Å². The smallest absolute Gasteiger partial charge is 0.336 e. The van der Waals surface area contributed by atoms with Crippen LogP contribution in [0, 0.1) is 0 Å². The van der Waals surface area contributed by atoms with Crippen LogP contribution in [0.2, 0.25) is 29.2 Å². The molecule has 0 aliphatic rings. The molecule has 4 nitrogen and oxygen atoms in total. The Balaban J connectivity index is 4.14. The second-order valence-electron chi connectivity index (χ2n) is 7.42. The molecule has 0 aliphatic carbocycles. The molecule has 0 spiro atoms. The maximum Gasteiger partial charge on any atom is 0.336 e. The molecule has 0 saturated heterocycles. The molecule has 0 rings (SSSR count). The second kappa shape index (κ2) is 11.0. The molecule has 0 saturated carbocycles. The van der Waals surface area contributed by atoms with E-state index in [0.29, 0.717) is 23.2 Å². The SMILES string of the molecule is CO[Si](C)(CCOCCCO[Si](C(C)C)(C(C)C)C(C)C)OC. The summed E-state index contributed by atoms with van der Waals surface area (Å²) in [4.78, 5) is 0. The summed E-state index contributed by atoms with van der Waals surface area (Å²) in [6.45, 7) is 18.3. The van der Waals surface area contributed by atoms with Crippen molar-refractivity contribution in [2.24, 2.45) is 0 Å². The van der Waals surface area contributed by atoms with Crippen molar-refractivity contribution >= 4 is 16.9 Å². The summed E-state index contributed by atoms with van der Waals surface area (Å²) in [5.41, 5.74) is 1.91. The molecular formula is C17H40O4Si2. The van der Waals surface area contributed by atoms with Crippen molar-refractivity contribution in [1.29, 1.82) is 0 Å². The molecular weight excluding hydrogens is 324 g/mol. The van der Waals surface area contributed by atoms with E-state index in [1.807, 2.05) is 0 Å². The minimum atomic E-state index is -1.99. The van der Waals surface area contributed by atoms with E-state index in [2.05, 4.69) is 48.1 Å². The monoisotopic (exact) mass is 364 g/mol. The molecule has 0 aliphatic heterocycles. The van der Waals surface area contributed by atoms with Crippen LogP contribution in [0.25, 0.3) is 0 Å². The van der Waals surface area contributed by atoms with E-state index >= 15 is 0 Å². The molecule has 0 bridgehead atoms. The third kappa shape index (κ3) is 6.96. The zero-order valence-corrected chi connectivity index (χ0v) is 18.9. The van der Waals surface area contributed by atoms with Crippen molar-refractivity contribution in [3.8, 4) is 0 Å². The van der Waals surface area contributed by atoms with Crippen LogP contribution < -0.4 is 0 Å². The fraction of sp³-hybridized carbons (Fsp3) is 1.00. The third-order valence-electron chi connectivity index (χ3n) is 5.06. The lowest BCUT2D eigenvalue weighted by atomic mass is 10.5. The van der Waals surface area contributed by atoms with Gasteiger partial charge in [0.25, 0.3) is 0 Å². The van der Waals surface area contributed by atoms with Gasteiger partial charge in [-0.3, -0.25) is 0 Å². The molecule has 23 heavy (non-hydrogen) atoms. The van der Waals surface area contributed by atoms with E-state index < -0.39 is 16.9 Å². The van der Waals surface area contributed by atoms with E-state index in [1.54, 1.807) is 14.2 Å². The maximum atomic E-state index is 6.52. The van der Waals surface area contributed by atoms with Gasteiger partial charge in [0.05, 0.1) is 0 Å². The Morgan fingerprint density at radius 1 is 0.739 bits per heavy atom. The molecule has 0 radical (unpaired) electrons. The Bertz CT molecular complexity index is 283. The molecule has 0 atom stereocenters. The van der Waals surface area contributed by atoms with Crippen molar-refractivity contribution in [3.63, 3.8) is 0 Å². The van der Waals surface area contributed by atoms with Gasteiger partial charge in [0.1, 0.15) is 0 Å². The van der Waals surface area contributed by atoms with Gasteiger partial charge >= 0.3 is 8.56 Å². The number of hydrogen-bond donors (Lipinski definition) is 0. The highest BCUT2D eigenvalue weighted by Gasteiger charge is 2.44. The number of rotatable bonds is 13. The fourth-order valence-corrected chi connectivity index (χ4v) is 10.1. The first-order valence-corrected chi connectivity index (χ1v) is 13.6. The highest BCUT2D eigenvalue weighted by atomic mass is 28.4. The third-order valence-corrected chi connectivity index (χ3v) is 14.0. The maximum absolute atomic E-state index is 6.52. The average molecular weight is 365 g/mol. The Morgan fingerprint density at radius 3 is 1.61 bits per heavy atom. The Morgan fingerprint density at radius 2 is 1.22 bits per heavy atom. The molecule has 0 amide bonds. The summed E-state index contributed by atoms with van der Waals surface area (Å²) < 4.78 is 23.2. The van der Waals surface area contributed by atoms with Crippen LogP contribution in [0.15, 0.2) is 0 Å². The quantitative estimate of drug-likeness (QED) is 0.342. The van der Waals surface area contributed by atoms with E-state index in [1.165, 1.54) is 0 Å². The second-order valence-corrected chi connectivity index (χ2v) is 16.5. The van der Waals surface area contributed by atoms with Gasteiger partial charge in [-0.2, -0.15) is 0 Å². The molecule has 0 heterocycles. The summed E-state index contributed by atoms with van der Waals surface area (Å²) >= 11 is 0. The zero-order chi connectivity index (χ0) is 18.1. The molecule has 0 aromatic carbocycles. The molecule has 0 unspecified atom stereocenters. The van der Waals surface area contributed by atoms with Gasteiger partial charge in [0, 0.05) is 40.1 Å². The van der Waals surface area contributed by atoms with Crippen LogP contribution >= 0.6 is 0 Å². The lowest BCUT2D eigenvalue weighted by molar-refractivity contribution is 0.119. The summed E-state index contributed by atoms with van der Waals surface area (Å²) in [6, 6.07) is 0.865. The zero-order valence-electron chi connectivity index (χ0n) is 16.9. The van der Waals surface area contributed by atoms with Gasteiger partial charge in [-0.1, -0.05) is 41.5 Å². The van der Waals surface area contributed by atoms with Crippen LogP contribution in [0.4, 0.5) is 0 Å². The molecule has 140 valence electrons. The van der Waals surface area contributed by atoms with Crippen molar-refractivity contribution in [1.82, 2.24) is 0 Å². The summed E-state index contributed by atoms with van der Waals surface area (Å²) in [5.74, 6) is 0. The Kier molecular flexibility index (Phi) is 11.1.